The molecule has 0 aromatic heterocycles. The lowest BCUT2D eigenvalue weighted by Crippen LogP contribution is -2.37. The highest BCUT2D eigenvalue weighted by Gasteiger charge is 2.44. The van der Waals surface area contributed by atoms with Gasteiger partial charge in [0.2, 0.25) is 0 Å². The Labute approximate surface area is 183 Å². The largest absolute Gasteiger partial charge is 0.468 e. The SMILES string of the molecule is COC(=O)C1C(C)=NC2=C(C(=O)C[C@H](c3ccccc3)C2)[C@@H]1c1ccc(N(C)C)cc1. The monoisotopic (exact) mass is 416 g/mol. The van der Waals surface area contributed by atoms with Gasteiger partial charge in [-0.2, -0.15) is 0 Å². The van der Waals surface area contributed by atoms with Gasteiger partial charge in [0.1, 0.15) is 5.92 Å². The molecule has 1 aliphatic carbocycles. The van der Waals surface area contributed by atoms with Crippen molar-refractivity contribution < 1.29 is 14.3 Å². The lowest BCUT2D eigenvalue weighted by atomic mass is 9.69. The Balaban J connectivity index is 1.80. The highest BCUT2D eigenvalue weighted by molar-refractivity contribution is 6.09. The molecule has 0 spiro atoms. The molecule has 0 radical (unpaired) electrons. The van der Waals surface area contributed by atoms with Crippen molar-refractivity contribution in [3.63, 3.8) is 0 Å². The maximum absolute atomic E-state index is 13.4. The van der Waals surface area contributed by atoms with Gasteiger partial charge in [-0.3, -0.25) is 14.6 Å². The van der Waals surface area contributed by atoms with Crippen molar-refractivity contribution in [3.05, 3.63) is 77.0 Å². The summed E-state index contributed by atoms with van der Waals surface area (Å²) in [5.41, 5.74) is 5.34. The Hall–Kier alpha value is -3.21. The van der Waals surface area contributed by atoms with Crippen molar-refractivity contribution in [3.8, 4) is 0 Å². The standard InChI is InChI=1S/C26H28N2O3/c1-16-23(26(30)31-4)24(18-10-12-20(13-11-18)28(2)3)25-21(27-16)14-19(15-22(25)29)17-8-6-5-7-9-17/h5-13,19,23-24H,14-15H2,1-4H3/t19-,23?,24-/m1/s1. The van der Waals surface area contributed by atoms with Crippen LogP contribution < -0.4 is 4.90 Å². The summed E-state index contributed by atoms with van der Waals surface area (Å²) in [6.45, 7) is 1.86. The van der Waals surface area contributed by atoms with Gasteiger partial charge in [-0.05, 0) is 42.5 Å². The molecule has 2 aliphatic rings. The zero-order chi connectivity index (χ0) is 22.1. The predicted molar refractivity (Wildman–Crippen MR) is 123 cm³/mol. The van der Waals surface area contributed by atoms with E-state index in [0.29, 0.717) is 24.1 Å². The topological polar surface area (TPSA) is 59.0 Å². The van der Waals surface area contributed by atoms with E-state index in [9.17, 15) is 9.59 Å². The molecule has 1 heterocycles. The Morgan fingerprint density at radius 2 is 1.68 bits per heavy atom. The van der Waals surface area contributed by atoms with Gasteiger partial charge in [-0.1, -0.05) is 42.5 Å². The van der Waals surface area contributed by atoms with Crippen molar-refractivity contribution in [2.24, 2.45) is 10.9 Å². The average Bonchev–Trinajstić information content (AvgIpc) is 2.78. The van der Waals surface area contributed by atoms with E-state index in [1.54, 1.807) is 0 Å². The van der Waals surface area contributed by atoms with Crippen LogP contribution in [-0.2, 0) is 14.3 Å². The molecule has 2 aromatic carbocycles. The van der Waals surface area contributed by atoms with Crippen LogP contribution in [0.25, 0.3) is 0 Å². The maximum atomic E-state index is 13.4. The number of esters is 1. The van der Waals surface area contributed by atoms with E-state index in [1.165, 1.54) is 7.11 Å². The summed E-state index contributed by atoms with van der Waals surface area (Å²) in [7, 11) is 5.36. The third-order valence-electron chi connectivity index (χ3n) is 6.38. The van der Waals surface area contributed by atoms with Crippen LogP contribution in [0.4, 0.5) is 5.69 Å². The minimum Gasteiger partial charge on any atom is -0.468 e. The summed E-state index contributed by atoms with van der Waals surface area (Å²) in [5, 5.41) is 0. The van der Waals surface area contributed by atoms with Crippen LogP contribution in [0.5, 0.6) is 0 Å². The minimum atomic E-state index is -0.591. The molecule has 2 aromatic rings. The molecule has 3 atom stereocenters. The summed E-state index contributed by atoms with van der Waals surface area (Å²) in [6, 6.07) is 18.2. The smallest absolute Gasteiger partial charge is 0.315 e. The number of nitrogens with zero attached hydrogens (tertiary/aromatic N) is 2. The second-order valence-corrected chi connectivity index (χ2v) is 8.52. The van der Waals surface area contributed by atoms with Gasteiger partial charge >= 0.3 is 5.97 Å². The lowest BCUT2D eigenvalue weighted by Gasteiger charge is -2.36. The first-order valence-electron chi connectivity index (χ1n) is 10.6. The number of allylic oxidation sites excluding steroid dienone is 2. The number of hydrogen-bond acceptors (Lipinski definition) is 5. The van der Waals surface area contributed by atoms with E-state index in [4.69, 9.17) is 9.73 Å². The van der Waals surface area contributed by atoms with Gasteiger partial charge in [-0.25, -0.2) is 0 Å². The first-order chi connectivity index (χ1) is 14.9. The molecule has 0 amide bonds. The van der Waals surface area contributed by atoms with Gasteiger partial charge in [0.05, 0.1) is 7.11 Å². The van der Waals surface area contributed by atoms with Crippen LogP contribution in [0.15, 0.2) is 70.9 Å². The molecule has 5 nitrogen and oxygen atoms in total. The maximum Gasteiger partial charge on any atom is 0.315 e. The molecule has 4 rings (SSSR count). The van der Waals surface area contributed by atoms with E-state index in [1.807, 2.05) is 68.4 Å². The highest BCUT2D eigenvalue weighted by atomic mass is 16.5. The normalized spacial score (nSPS) is 23.2. The van der Waals surface area contributed by atoms with Crippen LogP contribution in [0.2, 0.25) is 0 Å². The Bertz CT molecular complexity index is 1050. The molecule has 1 unspecified atom stereocenters. The molecule has 0 saturated heterocycles. The number of aliphatic imine (C=N–C) groups is 1. The lowest BCUT2D eigenvalue weighted by molar-refractivity contribution is -0.143. The zero-order valence-corrected chi connectivity index (χ0v) is 18.5. The number of hydrogen-bond donors (Lipinski definition) is 0. The molecule has 0 fully saturated rings. The van der Waals surface area contributed by atoms with E-state index >= 15 is 0 Å². The quantitative estimate of drug-likeness (QED) is 0.689. The second kappa shape index (κ2) is 8.50. The van der Waals surface area contributed by atoms with Crippen LogP contribution >= 0.6 is 0 Å². The van der Waals surface area contributed by atoms with Crippen molar-refractivity contribution in [2.45, 2.75) is 31.6 Å². The first-order valence-corrected chi connectivity index (χ1v) is 10.6. The molecule has 1 aliphatic heterocycles. The Morgan fingerprint density at radius 1 is 1.00 bits per heavy atom. The molecule has 0 bridgehead atoms. The van der Waals surface area contributed by atoms with E-state index in [0.717, 1.165) is 22.5 Å². The van der Waals surface area contributed by atoms with Gasteiger partial charge in [0.15, 0.2) is 5.78 Å². The number of carbonyl (C=O) groups excluding carboxylic acids is 2. The summed E-state index contributed by atoms with van der Waals surface area (Å²) in [5.74, 6) is -1.14. The van der Waals surface area contributed by atoms with Gasteiger partial charge < -0.3 is 9.64 Å². The average molecular weight is 417 g/mol. The minimum absolute atomic E-state index is 0.0712. The molecule has 0 saturated carbocycles. The number of ether oxygens (including phenoxy) is 1. The fraction of sp³-hybridized carbons (Fsp3) is 0.346. The van der Waals surface area contributed by atoms with Crippen LogP contribution in [0.3, 0.4) is 0 Å². The summed E-state index contributed by atoms with van der Waals surface area (Å²) >= 11 is 0. The number of ketones is 1. The number of methoxy groups -OCH3 is 1. The Morgan fingerprint density at radius 3 is 2.29 bits per heavy atom. The molecule has 0 N–H and O–H groups in total. The third-order valence-corrected chi connectivity index (χ3v) is 6.38. The van der Waals surface area contributed by atoms with Crippen LogP contribution in [0.1, 0.15) is 42.7 Å². The first kappa shape index (κ1) is 21.0. The molecule has 5 heteroatoms. The number of anilines is 1. The van der Waals surface area contributed by atoms with Crippen molar-refractivity contribution >= 4 is 23.2 Å². The van der Waals surface area contributed by atoms with Gasteiger partial charge in [0.25, 0.3) is 0 Å². The van der Waals surface area contributed by atoms with E-state index < -0.39 is 5.92 Å². The molecular formula is C26H28N2O3. The summed E-state index contributed by atoms with van der Waals surface area (Å²) in [4.78, 5) is 33.0. The summed E-state index contributed by atoms with van der Waals surface area (Å²) < 4.78 is 5.12. The Kier molecular flexibility index (Phi) is 5.77. The zero-order valence-electron chi connectivity index (χ0n) is 18.5. The van der Waals surface area contributed by atoms with Gasteiger partial charge in [0, 0.05) is 49.1 Å². The molecular weight excluding hydrogens is 388 g/mol. The number of benzene rings is 2. The predicted octanol–water partition coefficient (Wildman–Crippen LogP) is 4.50. The second-order valence-electron chi connectivity index (χ2n) is 8.52. The number of rotatable bonds is 4. The fourth-order valence-electron chi connectivity index (χ4n) is 4.79. The molecule has 31 heavy (non-hydrogen) atoms. The number of Topliss-reactive ketones (excluding diaryl/α,β-unsaturated/α-hetero) is 1. The van der Waals surface area contributed by atoms with Crippen molar-refractivity contribution in [2.75, 3.05) is 26.1 Å². The number of carbonyl (C=O) groups is 2. The molecule has 160 valence electrons. The van der Waals surface area contributed by atoms with Crippen molar-refractivity contribution in [1.29, 1.82) is 0 Å². The van der Waals surface area contributed by atoms with Crippen molar-refractivity contribution in [1.82, 2.24) is 0 Å². The van der Waals surface area contributed by atoms with E-state index in [-0.39, 0.29) is 23.6 Å². The fourth-order valence-corrected chi connectivity index (χ4v) is 4.79. The highest BCUT2D eigenvalue weighted by Crippen LogP contribution is 2.46. The van der Waals surface area contributed by atoms with Gasteiger partial charge in [-0.15, -0.1) is 0 Å². The summed E-state index contributed by atoms with van der Waals surface area (Å²) in [6.07, 6.45) is 1.13. The van der Waals surface area contributed by atoms with Crippen LogP contribution in [-0.4, -0.2) is 38.7 Å². The van der Waals surface area contributed by atoms with Crippen LogP contribution in [0, 0.1) is 5.92 Å². The van der Waals surface area contributed by atoms with E-state index in [2.05, 4.69) is 12.1 Å². The third kappa shape index (κ3) is 3.92.